The van der Waals surface area contributed by atoms with Crippen LogP contribution in [-0.4, -0.2) is 25.9 Å². The van der Waals surface area contributed by atoms with E-state index in [0.717, 1.165) is 43.2 Å². The summed E-state index contributed by atoms with van der Waals surface area (Å²) in [4.78, 5) is 47.1. The summed E-state index contributed by atoms with van der Waals surface area (Å²) >= 11 is 0. The molecule has 2 N–H and O–H groups in total. The molecule has 0 aliphatic heterocycles. The highest BCUT2D eigenvalue weighted by Gasteiger charge is 2.13. The predicted octanol–water partition coefficient (Wildman–Crippen LogP) is 7.27. The molecule has 0 saturated heterocycles. The van der Waals surface area contributed by atoms with Gasteiger partial charge in [-0.1, -0.05) is 121 Å². The van der Waals surface area contributed by atoms with Gasteiger partial charge in [0.05, 0.1) is 0 Å². The van der Waals surface area contributed by atoms with Crippen molar-refractivity contribution in [2.45, 2.75) is 0 Å². The molecular weight excluding hydrogens is 545 g/mol. The van der Waals surface area contributed by atoms with Crippen LogP contribution in [0.2, 0.25) is 0 Å². The Bertz CT molecular complexity index is 1080. The van der Waals surface area contributed by atoms with Crippen LogP contribution in [0.1, 0.15) is 41.4 Å². The first kappa shape index (κ1) is 30.1. The quantitative estimate of drug-likeness (QED) is 0.238. The number of benzene rings is 4. The highest BCUT2D eigenvalue weighted by Crippen LogP contribution is 2.30. The number of rotatable bonds is 4. The van der Waals surface area contributed by atoms with Crippen LogP contribution in [0, 0.1) is 0 Å². The second-order valence-corrected chi connectivity index (χ2v) is 11.1. The Labute approximate surface area is 230 Å². The van der Waals surface area contributed by atoms with Crippen LogP contribution < -0.4 is 0 Å². The average molecular weight is 567 g/mol. The van der Waals surface area contributed by atoms with E-state index in [9.17, 15) is 19.2 Å². The Hall–Kier alpha value is -3.08. The van der Waals surface area contributed by atoms with Gasteiger partial charge >= 0.3 is 0 Å². The number of hydrogen-bond acceptors (Lipinski definition) is 8. The molecule has 0 spiro atoms. The summed E-state index contributed by atoms with van der Waals surface area (Å²) < 4.78 is 0. The Kier molecular flexibility index (Phi) is 13.5. The van der Waals surface area contributed by atoms with E-state index in [1.54, 1.807) is 97.1 Å². The van der Waals surface area contributed by atoms with Crippen LogP contribution >= 0.6 is 43.2 Å². The molecule has 0 unspecified atom stereocenters. The van der Waals surface area contributed by atoms with Crippen molar-refractivity contribution in [3.05, 3.63) is 144 Å². The van der Waals surface area contributed by atoms with Gasteiger partial charge in [-0.3, -0.25) is 19.2 Å². The molecule has 0 saturated carbocycles. The second kappa shape index (κ2) is 16.6. The van der Waals surface area contributed by atoms with Crippen molar-refractivity contribution in [3.63, 3.8) is 0 Å². The van der Waals surface area contributed by atoms with E-state index < -0.39 is 0 Å². The van der Waals surface area contributed by atoms with Crippen LogP contribution in [0.25, 0.3) is 0 Å². The molecule has 0 fully saturated rings. The molecule has 5 nitrogen and oxygen atoms in total. The van der Waals surface area contributed by atoms with Gasteiger partial charge in [0, 0.05) is 22.3 Å². The van der Waals surface area contributed by atoms with Gasteiger partial charge in [0.15, 0.2) is 0 Å². The summed E-state index contributed by atoms with van der Waals surface area (Å²) in [7, 11) is 3.84. The minimum atomic E-state index is -0.107. The van der Waals surface area contributed by atoms with Gasteiger partial charge in [-0.25, -0.2) is 0 Å². The maximum atomic E-state index is 11.8. The van der Waals surface area contributed by atoms with Crippen LogP contribution in [-0.2, 0) is 0 Å². The normalized spacial score (nSPS) is 9.73. The Balaban J connectivity index is 0.000000253. The maximum Gasteiger partial charge on any atom is 0.230 e. The summed E-state index contributed by atoms with van der Waals surface area (Å²) in [5.74, 6) is 0. The molecule has 0 aliphatic rings. The third-order valence-corrected chi connectivity index (χ3v) is 8.46. The summed E-state index contributed by atoms with van der Waals surface area (Å²) in [6, 6.07) is 35.7. The monoisotopic (exact) mass is 566 g/mol. The molecule has 188 valence electrons. The minimum Gasteiger partial charge on any atom is -0.412 e. The molecule has 37 heavy (non-hydrogen) atoms. The average Bonchev–Trinajstić information content (AvgIpc) is 2.96. The van der Waals surface area contributed by atoms with Gasteiger partial charge in [0.2, 0.25) is 20.5 Å². The first-order chi connectivity index (χ1) is 17.5. The van der Waals surface area contributed by atoms with Crippen LogP contribution in [0.5, 0.6) is 0 Å². The SMILES string of the molecule is O.O=C(SSC(=O)c1ccccc1)c1ccccc1.O=C(SSC(=O)c1ccccc1)c1ccccc1. The van der Waals surface area contributed by atoms with Crippen LogP contribution in [0.3, 0.4) is 0 Å². The first-order valence-corrected chi connectivity index (χ1v) is 14.9. The van der Waals surface area contributed by atoms with Crippen molar-refractivity contribution in [1.82, 2.24) is 0 Å². The standard InChI is InChI=1S/2C14H10O2S2.H2O/c2*15-13(11-7-3-1-4-8-11)17-18-14(16)12-9-5-2-6-10-12;/h2*1-10H;1H2. The fourth-order valence-electron chi connectivity index (χ4n) is 2.64. The summed E-state index contributed by atoms with van der Waals surface area (Å²) in [6.07, 6.45) is 0. The molecule has 0 heterocycles. The largest absolute Gasteiger partial charge is 0.412 e. The van der Waals surface area contributed by atoms with Gasteiger partial charge in [-0.15, -0.1) is 0 Å². The van der Waals surface area contributed by atoms with E-state index in [2.05, 4.69) is 0 Å². The van der Waals surface area contributed by atoms with Crippen molar-refractivity contribution in [2.75, 3.05) is 0 Å². The molecule has 4 aromatic carbocycles. The van der Waals surface area contributed by atoms with Gasteiger partial charge in [-0.05, 0) is 43.2 Å². The molecule has 4 aromatic rings. The Morgan fingerprint density at radius 3 is 0.649 bits per heavy atom. The molecule has 0 amide bonds. The van der Waals surface area contributed by atoms with Gasteiger partial charge in [0.25, 0.3) is 0 Å². The van der Waals surface area contributed by atoms with Crippen molar-refractivity contribution < 1.29 is 24.7 Å². The fourth-order valence-corrected chi connectivity index (χ4v) is 5.94. The summed E-state index contributed by atoms with van der Waals surface area (Å²) in [5, 5.41) is -0.426. The smallest absolute Gasteiger partial charge is 0.230 e. The van der Waals surface area contributed by atoms with E-state index in [-0.39, 0.29) is 25.9 Å². The van der Waals surface area contributed by atoms with E-state index in [1.165, 1.54) is 0 Å². The Morgan fingerprint density at radius 1 is 0.324 bits per heavy atom. The Morgan fingerprint density at radius 2 is 0.486 bits per heavy atom. The molecule has 0 aromatic heterocycles. The van der Waals surface area contributed by atoms with Crippen molar-refractivity contribution in [2.24, 2.45) is 0 Å². The number of hydrogen-bond donors (Lipinski definition) is 0. The molecule has 0 bridgehead atoms. The van der Waals surface area contributed by atoms with Crippen molar-refractivity contribution in [1.29, 1.82) is 0 Å². The lowest BCUT2D eigenvalue weighted by atomic mass is 10.2. The zero-order chi connectivity index (χ0) is 25.6. The van der Waals surface area contributed by atoms with Gasteiger partial charge in [0.1, 0.15) is 0 Å². The highest BCUT2D eigenvalue weighted by atomic mass is 33.1. The molecule has 9 heteroatoms. The third-order valence-electron chi connectivity index (χ3n) is 4.42. The van der Waals surface area contributed by atoms with E-state index in [4.69, 9.17) is 0 Å². The van der Waals surface area contributed by atoms with Crippen LogP contribution in [0.15, 0.2) is 121 Å². The second-order valence-electron chi connectivity index (χ2n) is 6.95. The van der Waals surface area contributed by atoms with Crippen LogP contribution in [0.4, 0.5) is 0 Å². The molecular formula is C28H22O5S4. The minimum absolute atomic E-state index is 0. The van der Waals surface area contributed by atoms with E-state index >= 15 is 0 Å². The third kappa shape index (κ3) is 10.4. The van der Waals surface area contributed by atoms with Crippen molar-refractivity contribution >= 4 is 63.6 Å². The summed E-state index contributed by atoms with van der Waals surface area (Å²) in [6.45, 7) is 0. The molecule has 4 rings (SSSR count). The van der Waals surface area contributed by atoms with Gasteiger partial charge < -0.3 is 5.48 Å². The maximum absolute atomic E-state index is 11.8. The van der Waals surface area contributed by atoms with E-state index in [0.29, 0.717) is 22.3 Å². The topological polar surface area (TPSA) is 99.8 Å². The predicted molar refractivity (Wildman–Crippen MR) is 157 cm³/mol. The van der Waals surface area contributed by atoms with Crippen molar-refractivity contribution in [3.8, 4) is 0 Å². The zero-order valence-corrected chi connectivity index (χ0v) is 22.6. The molecule has 0 atom stereocenters. The lowest BCUT2D eigenvalue weighted by Gasteiger charge is -2.00. The number of carbonyl (C=O) groups is 4. The zero-order valence-electron chi connectivity index (χ0n) is 19.3. The molecule has 0 radical (unpaired) electrons. The fraction of sp³-hybridized carbons (Fsp3) is 0. The van der Waals surface area contributed by atoms with Gasteiger partial charge in [-0.2, -0.15) is 0 Å². The summed E-state index contributed by atoms with van der Waals surface area (Å²) in [5.41, 5.74) is 2.43. The van der Waals surface area contributed by atoms with E-state index in [1.807, 2.05) is 24.3 Å². The highest BCUT2D eigenvalue weighted by molar-refractivity contribution is 8.87. The molecule has 0 aliphatic carbocycles. The number of carbonyl (C=O) groups excluding carboxylic acids is 4. The lowest BCUT2D eigenvalue weighted by molar-refractivity contribution is 0.107. The first-order valence-electron chi connectivity index (χ1n) is 10.6. The lowest BCUT2D eigenvalue weighted by Crippen LogP contribution is -1.94.